The lowest BCUT2D eigenvalue weighted by atomic mass is 10.2. The van der Waals surface area contributed by atoms with E-state index in [1.165, 1.54) is 12.4 Å². The van der Waals surface area contributed by atoms with Gasteiger partial charge >= 0.3 is 0 Å². The van der Waals surface area contributed by atoms with Gasteiger partial charge in [-0.3, -0.25) is 19.6 Å². The molecule has 0 saturated carbocycles. The molecule has 0 aromatic carbocycles. The smallest absolute Gasteiger partial charge is 0.250 e. The van der Waals surface area contributed by atoms with Crippen LogP contribution < -0.4 is 11.5 Å². The first-order valence-electron chi connectivity index (χ1n) is 5.10. The number of primary amides is 2. The molecule has 0 aliphatic rings. The summed E-state index contributed by atoms with van der Waals surface area (Å²) < 4.78 is 0. The highest BCUT2D eigenvalue weighted by molar-refractivity contribution is 5.93. The van der Waals surface area contributed by atoms with E-state index in [0.717, 1.165) is 0 Å². The molecule has 0 saturated heterocycles. The highest BCUT2D eigenvalue weighted by Gasteiger charge is 2.05. The Kier molecular flexibility index (Phi) is 3.01. The number of hydrogen-bond donors (Lipinski definition) is 2. The van der Waals surface area contributed by atoms with E-state index in [2.05, 4.69) is 9.97 Å². The molecule has 2 heterocycles. The van der Waals surface area contributed by atoms with Crippen molar-refractivity contribution < 1.29 is 9.59 Å². The van der Waals surface area contributed by atoms with E-state index in [-0.39, 0.29) is 0 Å². The largest absolute Gasteiger partial charge is 0.366 e. The molecule has 2 amide bonds. The lowest BCUT2D eigenvalue weighted by molar-refractivity contribution is 0.0991. The molecule has 2 aromatic rings. The average Bonchev–Trinajstić information content (AvgIpc) is 2.39. The summed E-state index contributed by atoms with van der Waals surface area (Å²) >= 11 is 0. The second-order valence-electron chi connectivity index (χ2n) is 3.59. The van der Waals surface area contributed by atoms with Crippen LogP contribution in [0.2, 0.25) is 0 Å². The summed E-state index contributed by atoms with van der Waals surface area (Å²) in [5, 5.41) is 0. The molecule has 6 heteroatoms. The van der Waals surface area contributed by atoms with E-state index < -0.39 is 11.8 Å². The fourth-order valence-corrected chi connectivity index (χ4v) is 1.38. The molecule has 90 valence electrons. The van der Waals surface area contributed by atoms with Crippen molar-refractivity contribution in [1.29, 1.82) is 0 Å². The Morgan fingerprint density at radius 3 is 1.39 bits per heavy atom. The van der Waals surface area contributed by atoms with E-state index in [1.807, 2.05) is 0 Å². The zero-order valence-electron chi connectivity index (χ0n) is 9.33. The first kappa shape index (κ1) is 11.7. The van der Waals surface area contributed by atoms with Gasteiger partial charge < -0.3 is 11.5 Å². The van der Waals surface area contributed by atoms with Crippen molar-refractivity contribution in [3.05, 3.63) is 47.8 Å². The molecular formula is C12H10N4O2. The van der Waals surface area contributed by atoms with Gasteiger partial charge in [-0.25, -0.2) is 0 Å². The second-order valence-corrected chi connectivity index (χ2v) is 3.59. The topological polar surface area (TPSA) is 112 Å². The molecule has 0 bridgehead atoms. The Hall–Kier alpha value is -2.76. The molecule has 0 aliphatic carbocycles. The van der Waals surface area contributed by atoms with E-state index in [0.29, 0.717) is 22.5 Å². The van der Waals surface area contributed by atoms with Crippen LogP contribution in [0.1, 0.15) is 20.7 Å². The highest BCUT2D eigenvalue weighted by atomic mass is 16.1. The molecule has 2 aromatic heterocycles. The first-order valence-corrected chi connectivity index (χ1v) is 5.10. The van der Waals surface area contributed by atoms with E-state index in [9.17, 15) is 9.59 Å². The predicted molar refractivity (Wildman–Crippen MR) is 64.5 cm³/mol. The highest BCUT2D eigenvalue weighted by Crippen LogP contribution is 2.14. The van der Waals surface area contributed by atoms with Crippen molar-refractivity contribution in [1.82, 2.24) is 9.97 Å². The van der Waals surface area contributed by atoms with Crippen LogP contribution in [-0.2, 0) is 0 Å². The van der Waals surface area contributed by atoms with Gasteiger partial charge in [0.2, 0.25) is 11.8 Å². The monoisotopic (exact) mass is 242 g/mol. The number of nitrogens with two attached hydrogens (primary N) is 2. The van der Waals surface area contributed by atoms with Crippen LogP contribution in [0, 0.1) is 0 Å². The summed E-state index contributed by atoms with van der Waals surface area (Å²) in [5.41, 5.74) is 12.0. The molecule has 0 atom stereocenters. The van der Waals surface area contributed by atoms with Gasteiger partial charge in [-0.05, 0) is 24.3 Å². The molecule has 0 aliphatic heterocycles. The molecular weight excluding hydrogens is 232 g/mol. The molecule has 18 heavy (non-hydrogen) atoms. The summed E-state index contributed by atoms with van der Waals surface area (Å²) in [5.74, 6) is -1.07. The fraction of sp³-hybridized carbons (Fsp3) is 0. The summed E-state index contributed by atoms with van der Waals surface area (Å²) in [7, 11) is 0. The van der Waals surface area contributed by atoms with Crippen molar-refractivity contribution in [2.24, 2.45) is 11.5 Å². The Morgan fingerprint density at radius 1 is 0.778 bits per heavy atom. The van der Waals surface area contributed by atoms with Gasteiger partial charge in [0.05, 0.1) is 22.5 Å². The van der Waals surface area contributed by atoms with Crippen molar-refractivity contribution in [3.8, 4) is 11.4 Å². The molecule has 0 spiro atoms. The van der Waals surface area contributed by atoms with E-state index >= 15 is 0 Å². The van der Waals surface area contributed by atoms with Gasteiger partial charge in [0.1, 0.15) is 0 Å². The zero-order chi connectivity index (χ0) is 13.1. The maximum atomic E-state index is 10.9. The van der Waals surface area contributed by atoms with Gasteiger partial charge in [-0.1, -0.05) is 0 Å². The second kappa shape index (κ2) is 4.62. The lowest BCUT2D eigenvalue weighted by Crippen LogP contribution is -2.11. The predicted octanol–water partition coefficient (Wildman–Crippen LogP) is 0.341. The van der Waals surface area contributed by atoms with Gasteiger partial charge in [-0.15, -0.1) is 0 Å². The van der Waals surface area contributed by atoms with Crippen LogP contribution in [0.15, 0.2) is 36.7 Å². The number of carbonyl (C=O) groups is 2. The SMILES string of the molecule is NC(=O)c1ccc(-c2ccc(C(N)=O)cn2)nc1. The van der Waals surface area contributed by atoms with Gasteiger partial charge in [0, 0.05) is 12.4 Å². The van der Waals surface area contributed by atoms with Crippen LogP contribution in [0.25, 0.3) is 11.4 Å². The number of carbonyl (C=O) groups excluding carboxylic acids is 2. The van der Waals surface area contributed by atoms with Crippen molar-refractivity contribution in [2.45, 2.75) is 0 Å². The molecule has 0 fully saturated rings. The Bertz CT molecular complexity index is 535. The van der Waals surface area contributed by atoms with Crippen molar-refractivity contribution in [3.63, 3.8) is 0 Å². The summed E-state index contributed by atoms with van der Waals surface area (Å²) in [6.45, 7) is 0. The third-order valence-electron chi connectivity index (χ3n) is 2.36. The zero-order valence-corrected chi connectivity index (χ0v) is 9.33. The van der Waals surface area contributed by atoms with Crippen LogP contribution in [0.3, 0.4) is 0 Å². The van der Waals surface area contributed by atoms with E-state index in [4.69, 9.17) is 11.5 Å². The van der Waals surface area contributed by atoms with Crippen molar-refractivity contribution in [2.75, 3.05) is 0 Å². The van der Waals surface area contributed by atoms with Gasteiger partial charge in [0.15, 0.2) is 0 Å². The van der Waals surface area contributed by atoms with Crippen LogP contribution in [0.4, 0.5) is 0 Å². The van der Waals surface area contributed by atoms with Gasteiger partial charge in [0.25, 0.3) is 0 Å². The molecule has 6 nitrogen and oxygen atoms in total. The maximum Gasteiger partial charge on any atom is 0.250 e. The number of amides is 2. The molecule has 4 N–H and O–H groups in total. The average molecular weight is 242 g/mol. The third-order valence-corrected chi connectivity index (χ3v) is 2.36. The number of nitrogens with zero attached hydrogens (tertiary/aromatic N) is 2. The minimum atomic E-state index is -0.536. The Labute approximate surface area is 103 Å². The first-order chi connectivity index (χ1) is 8.58. The maximum absolute atomic E-state index is 10.9. The van der Waals surface area contributed by atoms with Crippen LogP contribution >= 0.6 is 0 Å². The lowest BCUT2D eigenvalue weighted by Gasteiger charge is -2.01. The normalized spacial score (nSPS) is 10.0. The Morgan fingerprint density at radius 2 is 1.17 bits per heavy atom. The summed E-state index contributed by atoms with van der Waals surface area (Å²) in [6.07, 6.45) is 2.75. The standard InChI is InChI=1S/C12H10N4O2/c13-11(17)7-1-3-9(15-5-7)10-4-2-8(6-16-10)12(14)18/h1-6H,(H2,13,17)(H2,14,18). The minimum Gasteiger partial charge on any atom is -0.366 e. The third kappa shape index (κ3) is 2.32. The molecule has 0 radical (unpaired) electrons. The summed E-state index contributed by atoms with van der Waals surface area (Å²) in [6, 6.07) is 6.39. The number of hydrogen-bond acceptors (Lipinski definition) is 4. The van der Waals surface area contributed by atoms with Crippen molar-refractivity contribution >= 4 is 11.8 Å². The minimum absolute atomic E-state index is 0.326. The molecule has 0 unspecified atom stereocenters. The fourth-order valence-electron chi connectivity index (χ4n) is 1.38. The number of aromatic nitrogens is 2. The number of rotatable bonds is 3. The van der Waals surface area contributed by atoms with Crippen LogP contribution in [-0.4, -0.2) is 21.8 Å². The van der Waals surface area contributed by atoms with Gasteiger partial charge in [-0.2, -0.15) is 0 Å². The quantitative estimate of drug-likeness (QED) is 0.808. The Balaban J connectivity index is 2.31. The summed E-state index contributed by atoms with van der Waals surface area (Å²) in [4.78, 5) is 29.9. The molecule has 2 rings (SSSR count). The van der Waals surface area contributed by atoms with E-state index in [1.54, 1.807) is 24.3 Å². The number of pyridine rings is 2. The van der Waals surface area contributed by atoms with Crippen LogP contribution in [0.5, 0.6) is 0 Å².